The maximum absolute atomic E-state index is 10.1. The summed E-state index contributed by atoms with van der Waals surface area (Å²) in [5.74, 6) is 0.537. The molecule has 1 heterocycles. The Kier molecular flexibility index (Phi) is 4.50. The second kappa shape index (κ2) is 4.88. The Morgan fingerprint density at radius 2 is 1.36 bits per heavy atom. The van der Waals surface area contributed by atoms with Gasteiger partial charge in [-0.05, 0) is 5.92 Å². The van der Waals surface area contributed by atoms with E-state index in [4.69, 9.17) is 0 Å². The van der Waals surface area contributed by atoms with E-state index in [0.29, 0.717) is 12.8 Å². The van der Waals surface area contributed by atoms with Crippen LogP contribution in [-0.2, 0) is 9.59 Å². The molecule has 11 heavy (non-hydrogen) atoms. The van der Waals surface area contributed by atoms with Gasteiger partial charge in [0.1, 0.15) is 0 Å². The van der Waals surface area contributed by atoms with E-state index in [9.17, 15) is 9.59 Å². The van der Waals surface area contributed by atoms with Gasteiger partial charge in [0.25, 0.3) is 0 Å². The molecule has 0 aliphatic carbocycles. The summed E-state index contributed by atoms with van der Waals surface area (Å²) in [6.07, 6.45) is 0.748. The largest absolute Gasteiger partial charge is 0.296 e. The third-order valence-corrected chi connectivity index (χ3v) is 0.858. The lowest BCUT2D eigenvalue weighted by molar-refractivity contribution is -0.124. The maximum Gasteiger partial charge on any atom is 0.227 e. The average molecular weight is 157 g/mol. The van der Waals surface area contributed by atoms with Crippen molar-refractivity contribution in [2.24, 2.45) is 5.92 Å². The molecule has 1 aliphatic heterocycles. The standard InChI is InChI=1S/C4H5NO2.C4H10/c6-3-1-2-4(7)5-3;1-4(2)3/h1-2H2,(H,5,6,7);4H,1-3H3. The van der Waals surface area contributed by atoms with E-state index in [2.05, 4.69) is 26.1 Å². The highest BCUT2D eigenvalue weighted by molar-refractivity contribution is 6.01. The lowest BCUT2D eigenvalue weighted by atomic mass is 10.3. The molecule has 0 unspecified atom stereocenters. The molecule has 2 amide bonds. The quantitative estimate of drug-likeness (QED) is 0.535. The zero-order valence-electron chi connectivity index (χ0n) is 7.31. The summed E-state index contributed by atoms with van der Waals surface area (Å²) in [6.45, 7) is 6.50. The fraction of sp³-hybridized carbons (Fsp3) is 0.750. The molecular formula is C8H15NO2. The monoisotopic (exact) mass is 157 g/mol. The van der Waals surface area contributed by atoms with Crippen LogP contribution in [0.25, 0.3) is 0 Å². The molecule has 0 aromatic heterocycles. The fourth-order valence-corrected chi connectivity index (χ4v) is 0.508. The predicted molar refractivity (Wildman–Crippen MR) is 42.9 cm³/mol. The van der Waals surface area contributed by atoms with Gasteiger partial charge in [-0.2, -0.15) is 0 Å². The summed E-state index contributed by atoms with van der Waals surface area (Å²) in [5.41, 5.74) is 0. The predicted octanol–water partition coefficient (Wildman–Crippen LogP) is 1.09. The number of carbonyl (C=O) groups is 2. The topological polar surface area (TPSA) is 46.2 Å². The van der Waals surface area contributed by atoms with Crippen molar-refractivity contribution in [3.05, 3.63) is 0 Å². The number of amides is 2. The molecule has 1 saturated heterocycles. The second-order valence-electron chi connectivity index (χ2n) is 3.20. The molecular weight excluding hydrogens is 142 g/mol. The first-order valence-electron chi connectivity index (χ1n) is 3.85. The van der Waals surface area contributed by atoms with Gasteiger partial charge in [-0.15, -0.1) is 0 Å². The third-order valence-electron chi connectivity index (χ3n) is 0.858. The van der Waals surface area contributed by atoms with Gasteiger partial charge in [-0.25, -0.2) is 0 Å². The van der Waals surface area contributed by atoms with Crippen LogP contribution in [0.3, 0.4) is 0 Å². The number of hydrogen-bond acceptors (Lipinski definition) is 2. The normalized spacial score (nSPS) is 16.0. The highest BCUT2D eigenvalue weighted by Crippen LogP contribution is 1.95. The Morgan fingerprint density at radius 3 is 1.45 bits per heavy atom. The van der Waals surface area contributed by atoms with Crippen LogP contribution < -0.4 is 5.32 Å². The molecule has 0 radical (unpaired) electrons. The molecule has 0 aromatic rings. The van der Waals surface area contributed by atoms with E-state index in [1.807, 2.05) is 0 Å². The maximum atomic E-state index is 10.1. The molecule has 1 N–H and O–H groups in total. The van der Waals surface area contributed by atoms with Crippen LogP contribution in [0.2, 0.25) is 0 Å². The first-order chi connectivity index (χ1) is 5.02. The Labute approximate surface area is 67.2 Å². The van der Waals surface area contributed by atoms with Crippen LogP contribution in [0.1, 0.15) is 33.6 Å². The average Bonchev–Trinajstić information content (AvgIpc) is 2.13. The van der Waals surface area contributed by atoms with E-state index < -0.39 is 0 Å². The van der Waals surface area contributed by atoms with Crippen LogP contribution in [0, 0.1) is 5.92 Å². The van der Waals surface area contributed by atoms with Gasteiger partial charge in [0.05, 0.1) is 0 Å². The lowest BCUT2D eigenvalue weighted by Crippen LogP contribution is -2.18. The molecule has 3 heteroatoms. The Hall–Kier alpha value is -0.860. The zero-order chi connectivity index (χ0) is 8.85. The van der Waals surface area contributed by atoms with Gasteiger partial charge in [-0.1, -0.05) is 20.8 Å². The number of nitrogens with one attached hydrogen (secondary N) is 1. The summed E-state index contributed by atoms with van der Waals surface area (Å²) < 4.78 is 0. The van der Waals surface area contributed by atoms with Crippen molar-refractivity contribution in [2.45, 2.75) is 33.6 Å². The second-order valence-corrected chi connectivity index (χ2v) is 3.20. The van der Waals surface area contributed by atoms with E-state index in [1.165, 1.54) is 0 Å². The Bertz CT molecular complexity index is 135. The lowest BCUT2D eigenvalue weighted by Gasteiger charge is -1.79. The highest BCUT2D eigenvalue weighted by atomic mass is 16.2. The molecule has 0 atom stereocenters. The minimum Gasteiger partial charge on any atom is -0.296 e. The molecule has 0 saturated carbocycles. The fourth-order valence-electron chi connectivity index (χ4n) is 0.508. The van der Waals surface area contributed by atoms with E-state index in [0.717, 1.165) is 5.92 Å². The van der Waals surface area contributed by atoms with Crippen molar-refractivity contribution >= 4 is 11.8 Å². The van der Waals surface area contributed by atoms with Gasteiger partial charge in [0.15, 0.2) is 0 Å². The van der Waals surface area contributed by atoms with Crippen molar-refractivity contribution in [2.75, 3.05) is 0 Å². The van der Waals surface area contributed by atoms with Gasteiger partial charge >= 0.3 is 0 Å². The van der Waals surface area contributed by atoms with Crippen molar-refractivity contribution in [1.82, 2.24) is 5.32 Å². The molecule has 1 aliphatic rings. The van der Waals surface area contributed by atoms with Crippen LogP contribution in [0.15, 0.2) is 0 Å². The van der Waals surface area contributed by atoms with Gasteiger partial charge in [0.2, 0.25) is 11.8 Å². The number of rotatable bonds is 0. The number of hydrogen-bond donors (Lipinski definition) is 1. The molecule has 1 rings (SSSR count). The minimum absolute atomic E-state index is 0.148. The first-order valence-corrected chi connectivity index (χ1v) is 3.85. The van der Waals surface area contributed by atoms with Crippen molar-refractivity contribution in [3.63, 3.8) is 0 Å². The summed E-state index contributed by atoms with van der Waals surface area (Å²) in [4.78, 5) is 20.2. The van der Waals surface area contributed by atoms with Crippen molar-refractivity contribution in [1.29, 1.82) is 0 Å². The van der Waals surface area contributed by atoms with Crippen LogP contribution >= 0.6 is 0 Å². The number of imide groups is 1. The first kappa shape index (κ1) is 10.1. The SMILES string of the molecule is CC(C)C.O=C1CCC(=O)N1. The van der Waals surface area contributed by atoms with Crippen molar-refractivity contribution in [3.8, 4) is 0 Å². The molecule has 64 valence electrons. The smallest absolute Gasteiger partial charge is 0.227 e. The molecule has 0 spiro atoms. The van der Waals surface area contributed by atoms with E-state index in [-0.39, 0.29) is 11.8 Å². The zero-order valence-corrected chi connectivity index (χ0v) is 7.31. The van der Waals surface area contributed by atoms with E-state index in [1.54, 1.807) is 0 Å². The van der Waals surface area contributed by atoms with Crippen molar-refractivity contribution < 1.29 is 9.59 Å². The van der Waals surface area contributed by atoms with Gasteiger partial charge in [0, 0.05) is 12.8 Å². The molecule has 3 nitrogen and oxygen atoms in total. The number of carbonyl (C=O) groups excluding carboxylic acids is 2. The van der Waals surface area contributed by atoms with Gasteiger partial charge in [-0.3, -0.25) is 14.9 Å². The Balaban J connectivity index is 0.000000218. The van der Waals surface area contributed by atoms with Crippen LogP contribution in [-0.4, -0.2) is 11.8 Å². The summed E-state index contributed by atoms with van der Waals surface area (Å²) in [5, 5.41) is 2.14. The van der Waals surface area contributed by atoms with E-state index >= 15 is 0 Å². The summed E-state index contributed by atoms with van der Waals surface area (Å²) in [6, 6.07) is 0. The Morgan fingerprint density at radius 1 is 1.09 bits per heavy atom. The molecule has 0 bridgehead atoms. The third kappa shape index (κ3) is 7.03. The van der Waals surface area contributed by atoms with Crippen LogP contribution in [0.4, 0.5) is 0 Å². The molecule has 0 aromatic carbocycles. The summed E-state index contributed by atoms with van der Waals surface area (Å²) in [7, 11) is 0. The molecule has 1 fully saturated rings. The minimum atomic E-state index is -0.148. The van der Waals surface area contributed by atoms with Gasteiger partial charge < -0.3 is 0 Å². The van der Waals surface area contributed by atoms with Crippen LogP contribution in [0.5, 0.6) is 0 Å². The summed E-state index contributed by atoms with van der Waals surface area (Å²) >= 11 is 0. The highest BCUT2D eigenvalue weighted by Gasteiger charge is 2.15.